The SMILES string of the molecule is CCC(C)CC(C)CCC1CCCC(c2c(O)c(C3C(O)C(O)C(O)C3O)cn(C)c2=O)O1. The van der Waals surface area contributed by atoms with E-state index in [1.54, 1.807) is 0 Å². The lowest BCUT2D eigenvalue weighted by atomic mass is 9.88. The highest BCUT2D eigenvalue weighted by Gasteiger charge is 2.50. The minimum atomic E-state index is -1.54. The van der Waals surface area contributed by atoms with Crippen molar-refractivity contribution >= 4 is 0 Å². The molecule has 1 aromatic heterocycles. The predicted molar refractivity (Wildman–Crippen MR) is 124 cm³/mol. The van der Waals surface area contributed by atoms with Gasteiger partial charge in [0.25, 0.3) is 5.56 Å². The summed E-state index contributed by atoms with van der Waals surface area (Å²) < 4.78 is 7.58. The number of aromatic nitrogens is 1. The molecular weight excluding hydrogens is 426 g/mol. The van der Waals surface area contributed by atoms with Gasteiger partial charge >= 0.3 is 0 Å². The van der Waals surface area contributed by atoms with Crippen LogP contribution in [0.25, 0.3) is 0 Å². The molecule has 1 saturated heterocycles. The second-order valence-electron chi connectivity index (χ2n) is 10.4. The second-order valence-corrected chi connectivity index (χ2v) is 10.4. The lowest BCUT2D eigenvalue weighted by Gasteiger charge is -2.32. The third kappa shape index (κ3) is 5.46. The lowest BCUT2D eigenvalue weighted by molar-refractivity contribution is -0.0589. The highest BCUT2D eigenvalue weighted by Crippen LogP contribution is 2.43. The number of rotatable bonds is 8. The number of pyridine rings is 1. The average molecular weight is 468 g/mol. The van der Waals surface area contributed by atoms with E-state index >= 15 is 0 Å². The molecule has 2 aliphatic rings. The fraction of sp³-hybridized carbons (Fsp3) is 0.800. The zero-order valence-electron chi connectivity index (χ0n) is 20.2. The van der Waals surface area contributed by atoms with Crippen LogP contribution in [0.3, 0.4) is 0 Å². The Balaban J connectivity index is 1.81. The van der Waals surface area contributed by atoms with E-state index in [4.69, 9.17) is 4.74 Å². The molecule has 0 bridgehead atoms. The number of nitrogens with zero attached hydrogens (tertiary/aromatic N) is 1. The molecule has 0 radical (unpaired) electrons. The summed E-state index contributed by atoms with van der Waals surface area (Å²) in [5.74, 6) is -0.169. The van der Waals surface area contributed by atoms with E-state index in [1.807, 2.05) is 0 Å². The van der Waals surface area contributed by atoms with Crippen LogP contribution >= 0.6 is 0 Å². The molecule has 8 unspecified atom stereocenters. The van der Waals surface area contributed by atoms with Gasteiger partial charge in [-0.15, -0.1) is 0 Å². The van der Waals surface area contributed by atoms with E-state index in [0.717, 1.165) is 25.7 Å². The summed E-state index contributed by atoms with van der Waals surface area (Å²) >= 11 is 0. The summed E-state index contributed by atoms with van der Waals surface area (Å²) in [5.41, 5.74) is -0.159. The predicted octanol–water partition coefficient (Wildman–Crippen LogP) is 2.09. The molecule has 1 aliphatic heterocycles. The maximum Gasteiger partial charge on any atom is 0.259 e. The lowest BCUT2D eigenvalue weighted by Crippen LogP contribution is -2.32. The van der Waals surface area contributed by atoms with E-state index in [9.17, 15) is 30.3 Å². The van der Waals surface area contributed by atoms with Gasteiger partial charge in [-0.3, -0.25) is 4.79 Å². The minimum absolute atomic E-state index is 0.00204. The molecule has 33 heavy (non-hydrogen) atoms. The van der Waals surface area contributed by atoms with Gasteiger partial charge < -0.3 is 34.8 Å². The highest BCUT2D eigenvalue weighted by molar-refractivity contribution is 5.44. The van der Waals surface area contributed by atoms with Crippen LogP contribution in [0.2, 0.25) is 0 Å². The molecule has 1 aromatic rings. The Morgan fingerprint density at radius 3 is 2.30 bits per heavy atom. The zero-order valence-corrected chi connectivity index (χ0v) is 20.2. The van der Waals surface area contributed by atoms with Gasteiger partial charge in [0.15, 0.2) is 0 Å². The molecule has 2 heterocycles. The van der Waals surface area contributed by atoms with Crippen molar-refractivity contribution in [2.24, 2.45) is 18.9 Å². The minimum Gasteiger partial charge on any atom is -0.507 e. The number of hydrogen-bond donors (Lipinski definition) is 5. The Morgan fingerprint density at radius 1 is 1.06 bits per heavy atom. The van der Waals surface area contributed by atoms with Gasteiger partial charge in [0.1, 0.15) is 18.0 Å². The molecule has 3 rings (SSSR count). The van der Waals surface area contributed by atoms with Gasteiger partial charge in [0.2, 0.25) is 0 Å². The molecular formula is C25H41NO7. The van der Waals surface area contributed by atoms with Gasteiger partial charge in [0.05, 0.1) is 30.0 Å². The van der Waals surface area contributed by atoms with E-state index in [1.165, 1.54) is 30.7 Å². The smallest absolute Gasteiger partial charge is 0.259 e. The van der Waals surface area contributed by atoms with Crippen molar-refractivity contribution in [2.45, 2.75) is 108 Å². The Hall–Kier alpha value is -1.45. The van der Waals surface area contributed by atoms with E-state index in [0.29, 0.717) is 18.3 Å². The summed E-state index contributed by atoms with van der Waals surface area (Å²) in [5, 5.41) is 51.8. The van der Waals surface area contributed by atoms with Gasteiger partial charge in [-0.1, -0.05) is 27.2 Å². The number of aliphatic hydroxyl groups excluding tert-OH is 4. The van der Waals surface area contributed by atoms with Crippen molar-refractivity contribution in [1.82, 2.24) is 4.57 Å². The quantitative estimate of drug-likeness (QED) is 0.395. The van der Waals surface area contributed by atoms with Crippen molar-refractivity contribution in [3.8, 4) is 5.75 Å². The molecule has 0 amide bonds. The van der Waals surface area contributed by atoms with Crippen LogP contribution < -0.4 is 5.56 Å². The summed E-state index contributed by atoms with van der Waals surface area (Å²) in [6, 6.07) is 0. The van der Waals surface area contributed by atoms with E-state index in [-0.39, 0.29) is 23.0 Å². The third-order valence-corrected chi connectivity index (χ3v) is 7.71. The largest absolute Gasteiger partial charge is 0.507 e. The van der Waals surface area contributed by atoms with E-state index < -0.39 is 42.0 Å². The maximum absolute atomic E-state index is 13.0. The molecule has 0 spiro atoms. The summed E-state index contributed by atoms with van der Waals surface area (Å²) in [4.78, 5) is 13.0. The van der Waals surface area contributed by atoms with Crippen LogP contribution in [0.4, 0.5) is 0 Å². The molecule has 8 atom stereocenters. The summed E-state index contributed by atoms with van der Waals surface area (Å²) in [7, 11) is 1.53. The average Bonchev–Trinajstić information content (AvgIpc) is 2.98. The number of aromatic hydroxyl groups is 1. The monoisotopic (exact) mass is 467 g/mol. The fourth-order valence-corrected chi connectivity index (χ4v) is 5.47. The fourth-order valence-electron chi connectivity index (χ4n) is 5.47. The van der Waals surface area contributed by atoms with Crippen molar-refractivity contribution in [1.29, 1.82) is 0 Å². The Morgan fingerprint density at radius 2 is 1.70 bits per heavy atom. The van der Waals surface area contributed by atoms with Crippen LogP contribution in [-0.4, -0.2) is 60.6 Å². The second kappa shape index (κ2) is 10.9. The van der Waals surface area contributed by atoms with Crippen molar-refractivity contribution in [3.63, 3.8) is 0 Å². The van der Waals surface area contributed by atoms with Crippen molar-refractivity contribution in [2.75, 3.05) is 0 Å². The third-order valence-electron chi connectivity index (χ3n) is 7.71. The first-order valence-electron chi connectivity index (χ1n) is 12.4. The van der Waals surface area contributed by atoms with Crippen molar-refractivity contribution < 1.29 is 30.3 Å². The normalized spacial score (nSPS) is 34.4. The molecule has 8 heteroatoms. The number of aryl methyl sites for hydroxylation is 1. The van der Waals surface area contributed by atoms with Crippen LogP contribution in [0.1, 0.15) is 88.9 Å². The molecule has 8 nitrogen and oxygen atoms in total. The van der Waals surface area contributed by atoms with E-state index in [2.05, 4.69) is 20.8 Å². The van der Waals surface area contributed by atoms with Gasteiger partial charge in [-0.05, 0) is 50.4 Å². The Kier molecular flexibility index (Phi) is 8.61. The summed E-state index contributed by atoms with van der Waals surface area (Å²) in [6.07, 6.45) is 1.39. The van der Waals surface area contributed by atoms with Gasteiger partial charge in [0, 0.05) is 24.7 Å². The number of aliphatic hydroxyl groups is 4. The first-order valence-corrected chi connectivity index (χ1v) is 12.4. The van der Waals surface area contributed by atoms with Crippen LogP contribution in [0.5, 0.6) is 5.75 Å². The Bertz CT molecular complexity index is 842. The van der Waals surface area contributed by atoms with Crippen LogP contribution in [0.15, 0.2) is 11.0 Å². The molecule has 1 aliphatic carbocycles. The molecule has 5 N–H and O–H groups in total. The number of hydrogen-bond acceptors (Lipinski definition) is 7. The molecule has 188 valence electrons. The van der Waals surface area contributed by atoms with Crippen molar-refractivity contribution in [3.05, 3.63) is 27.7 Å². The van der Waals surface area contributed by atoms with Gasteiger partial charge in [-0.25, -0.2) is 0 Å². The molecule has 1 saturated carbocycles. The highest BCUT2D eigenvalue weighted by atomic mass is 16.5. The van der Waals surface area contributed by atoms with Crippen LogP contribution in [-0.2, 0) is 11.8 Å². The molecule has 0 aromatic carbocycles. The van der Waals surface area contributed by atoms with Crippen LogP contribution in [0, 0.1) is 11.8 Å². The first kappa shape index (κ1) is 26.2. The maximum atomic E-state index is 13.0. The first-order chi connectivity index (χ1) is 15.6. The van der Waals surface area contributed by atoms with Gasteiger partial charge in [-0.2, -0.15) is 0 Å². The molecule has 2 fully saturated rings. The topological polar surface area (TPSA) is 132 Å². The number of ether oxygens (including phenoxy) is 1. The zero-order chi connectivity index (χ0) is 24.4. The Labute approximate surface area is 195 Å². The summed E-state index contributed by atoms with van der Waals surface area (Å²) in [6.45, 7) is 6.74. The standard InChI is InChI=1S/C25H41NO7/c1-5-13(2)11-14(3)9-10-15-7-6-8-17(33-15)19-20(27)16(12-26(4)25(19)32)18-21(28)23(30)24(31)22(18)29/h12-15,17-18,21-24,27-31H,5-11H2,1-4H3.